The van der Waals surface area contributed by atoms with Crippen LogP contribution >= 0.6 is 31.9 Å². The SMILES string of the molecule is CCCCCCCCc1c(C)c2cc(Br)[se]c2c2[se]c(Br)cc12. The molecule has 124 valence electrons. The van der Waals surface area contributed by atoms with E-state index in [9.17, 15) is 0 Å². The molecule has 2 aromatic heterocycles. The van der Waals surface area contributed by atoms with Gasteiger partial charge in [0.25, 0.3) is 0 Å². The number of benzene rings is 1. The minimum absolute atomic E-state index is 0.482. The van der Waals surface area contributed by atoms with Crippen molar-refractivity contribution >= 4 is 80.2 Å². The molecule has 4 heteroatoms. The Kier molecular flexibility index (Phi) is 6.74. The number of hydrogen-bond acceptors (Lipinski definition) is 0. The van der Waals surface area contributed by atoms with Crippen LogP contribution < -0.4 is 0 Å². The summed E-state index contributed by atoms with van der Waals surface area (Å²) < 4.78 is 6.13. The van der Waals surface area contributed by atoms with Gasteiger partial charge in [0.2, 0.25) is 0 Å². The number of halogens is 2. The standard InChI is InChI=1S/C19H22Br2Se2/c1-3-4-5-6-7-8-9-13-12(2)14-10-16(20)22-18(14)19-15(13)11-17(21)23-19/h10-11H,3-9H2,1-2H3. The number of fused-ring (bicyclic) bond motifs is 3. The van der Waals surface area contributed by atoms with Crippen molar-refractivity contribution in [2.24, 2.45) is 0 Å². The van der Waals surface area contributed by atoms with Crippen LogP contribution in [0.2, 0.25) is 0 Å². The van der Waals surface area contributed by atoms with E-state index in [0.717, 1.165) is 0 Å². The van der Waals surface area contributed by atoms with Gasteiger partial charge in [0.05, 0.1) is 0 Å². The molecule has 0 amide bonds. The quantitative estimate of drug-likeness (QED) is 0.216. The summed E-state index contributed by atoms with van der Waals surface area (Å²) in [6.07, 6.45) is 9.50. The molecule has 0 saturated heterocycles. The summed E-state index contributed by atoms with van der Waals surface area (Å²) >= 11 is 8.50. The third-order valence-corrected chi connectivity index (χ3v) is 11.3. The average molecular weight is 568 g/mol. The molecule has 0 bridgehead atoms. The van der Waals surface area contributed by atoms with Crippen molar-refractivity contribution in [1.29, 1.82) is 0 Å². The van der Waals surface area contributed by atoms with Gasteiger partial charge in [-0.1, -0.05) is 0 Å². The number of rotatable bonds is 7. The fourth-order valence-corrected chi connectivity index (χ4v) is 10.1. The van der Waals surface area contributed by atoms with Crippen molar-refractivity contribution in [3.05, 3.63) is 30.0 Å². The normalized spacial score (nSPS) is 11.8. The summed E-state index contributed by atoms with van der Waals surface area (Å²) in [6, 6.07) is 4.80. The zero-order chi connectivity index (χ0) is 16.4. The van der Waals surface area contributed by atoms with Crippen LogP contribution in [0.3, 0.4) is 0 Å². The molecule has 0 unspecified atom stereocenters. The molecular formula is C19H22Br2Se2. The molecular weight excluding hydrogens is 546 g/mol. The molecule has 3 rings (SSSR count). The first-order valence-electron chi connectivity index (χ1n) is 8.41. The monoisotopic (exact) mass is 568 g/mol. The van der Waals surface area contributed by atoms with Crippen LogP contribution in [0.15, 0.2) is 18.8 Å². The van der Waals surface area contributed by atoms with E-state index >= 15 is 0 Å². The molecule has 0 nitrogen and oxygen atoms in total. The van der Waals surface area contributed by atoms with Gasteiger partial charge in [-0.15, -0.1) is 0 Å². The fraction of sp³-hybridized carbons (Fsp3) is 0.474. The molecule has 0 spiro atoms. The van der Waals surface area contributed by atoms with Gasteiger partial charge < -0.3 is 0 Å². The van der Waals surface area contributed by atoms with E-state index in [4.69, 9.17) is 0 Å². The summed E-state index contributed by atoms with van der Waals surface area (Å²) in [6.45, 7) is 4.63. The molecule has 0 aliphatic carbocycles. The van der Waals surface area contributed by atoms with Crippen molar-refractivity contribution in [3.63, 3.8) is 0 Å². The van der Waals surface area contributed by atoms with Crippen LogP contribution in [-0.4, -0.2) is 29.0 Å². The van der Waals surface area contributed by atoms with Crippen LogP contribution in [-0.2, 0) is 6.42 Å². The second-order valence-electron chi connectivity index (χ2n) is 6.21. The fourth-order valence-electron chi connectivity index (χ4n) is 3.33. The number of hydrogen-bond donors (Lipinski definition) is 0. The van der Waals surface area contributed by atoms with Crippen LogP contribution in [0.4, 0.5) is 0 Å². The first-order valence-corrected chi connectivity index (χ1v) is 13.4. The van der Waals surface area contributed by atoms with Gasteiger partial charge in [-0.2, -0.15) is 0 Å². The number of unbranched alkanes of at least 4 members (excludes halogenated alkanes) is 5. The molecule has 1 aromatic carbocycles. The Morgan fingerprint density at radius 2 is 1.39 bits per heavy atom. The van der Waals surface area contributed by atoms with E-state index in [1.54, 1.807) is 19.5 Å². The summed E-state index contributed by atoms with van der Waals surface area (Å²) in [5.74, 6) is 0. The summed E-state index contributed by atoms with van der Waals surface area (Å²) in [4.78, 5) is 0. The molecule has 0 fully saturated rings. The van der Waals surface area contributed by atoms with E-state index in [-0.39, 0.29) is 0 Å². The van der Waals surface area contributed by atoms with Crippen LogP contribution in [0.25, 0.3) is 19.3 Å². The van der Waals surface area contributed by atoms with Crippen LogP contribution in [0, 0.1) is 6.92 Å². The van der Waals surface area contributed by atoms with Gasteiger partial charge in [-0.25, -0.2) is 0 Å². The Morgan fingerprint density at radius 1 is 0.826 bits per heavy atom. The predicted octanol–water partition coefficient (Wildman–Crippen LogP) is 6.84. The summed E-state index contributed by atoms with van der Waals surface area (Å²) in [5, 5.41) is 3.10. The van der Waals surface area contributed by atoms with E-state index in [1.165, 1.54) is 62.6 Å². The molecule has 0 saturated carbocycles. The van der Waals surface area contributed by atoms with Gasteiger partial charge in [-0.3, -0.25) is 0 Å². The number of aryl methyl sites for hydroxylation is 2. The zero-order valence-electron chi connectivity index (χ0n) is 13.7. The van der Waals surface area contributed by atoms with E-state index in [0.29, 0.717) is 29.0 Å². The Morgan fingerprint density at radius 3 is 2.09 bits per heavy atom. The Bertz CT molecular complexity index is 814. The molecule has 0 N–H and O–H groups in total. The Hall–Kier alpha value is 0.699. The summed E-state index contributed by atoms with van der Waals surface area (Å²) in [7, 11) is 0. The first-order chi connectivity index (χ1) is 11.1. The predicted molar refractivity (Wildman–Crippen MR) is 113 cm³/mol. The second kappa shape index (κ2) is 8.39. The Labute approximate surface area is 167 Å². The van der Waals surface area contributed by atoms with Crippen molar-refractivity contribution in [2.45, 2.75) is 58.8 Å². The van der Waals surface area contributed by atoms with E-state index < -0.39 is 0 Å². The Balaban J connectivity index is 1.89. The molecule has 0 radical (unpaired) electrons. The van der Waals surface area contributed by atoms with E-state index in [2.05, 4.69) is 57.8 Å². The molecule has 3 aromatic rings. The third kappa shape index (κ3) is 4.10. The van der Waals surface area contributed by atoms with Crippen molar-refractivity contribution in [2.75, 3.05) is 0 Å². The topological polar surface area (TPSA) is 0 Å². The van der Waals surface area contributed by atoms with Gasteiger partial charge >= 0.3 is 169 Å². The molecule has 0 atom stereocenters. The maximum atomic E-state index is 3.78. The minimum atomic E-state index is 0.482. The zero-order valence-corrected chi connectivity index (χ0v) is 20.3. The molecule has 23 heavy (non-hydrogen) atoms. The first kappa shape index (κ1) is 18.5. The third-order valence-electron chi connectivity index (χ3n) is 4.57. The summed E-state index contributed by atoms with van der Waals surface area (Å²) in [5.41, 5.74) is 3.16. The molecule has 0 aliphatic rings. The van der Waals surface area contributed by atoms with Gasteiger partial charge in [0.15, 0.2) is 0 Å². The van der Waals surface area contributed by atoms with Gasteiger partial charge in [-0.05, 0) is 0 Å². The van der Waals surface area contributed by atoms with Gasteiger partial charge in [0.1, 0.15) is 0 Å². The maximum absolute atomic E-state index is 3.78. The molecule has 2 heterocycles. The van der Waals surface area contributed by atoms with Gasteiger partial charge in [0, 0.05) is 0 Å². The van der Waals surface area contributed by atoms with E-state index in [1.807, 2.05) is 0 Å². The van der Waals surface area contributed by atoms with Crippen molar-refractivity contribution in [1.82, 2.24) is 0 Å². The van der Waals surface area contributed by atoms with Crippen molar-refractivity contribution < 1.29 is 0 Å². The van der Waals surface area contributed by atoms with Crippen molar-refractivity contribution in [3.8, 4) is 0 Å². The average Bonchev–Trinajstić information content (AvgIpc) is 3.08. The molecule has 0 aliphatic heterocycles. The second-order valence-corrected chi connectivity index (χ2v) is 14.7. The van der Waals surface area contributed by atoms with Crippen LogP contribution in [0.5, 0.6) is 0 Å². The van der Waals surface area contributed by atoms with Crippen LogP contribution in [0.1, 0.15) is 56.6 Å².